The Morgan fingerprint density at radius 2 is 1.90 bits per heavy atom. The molecule has 1 N–H and O–H groups in total. The standard InChI is InChI=1S/C16H18N2O2/c19-12-11-18(10-8-14-5-2-1-3-6-14)16(20)15-7-4-9-17-13-15/h1-7,9,13,19H,8,10-12H2. The quantitative estimate of drug-likeness (QED) is 0.870. The van der Waals surface area contributed by atoms with Crippen molar-refractivity contribution in [1.29, 1.82) is 0 Å². The molecule has 1 amide bonds. The van der Waals surface area contributed by atoms with Crippen molar-refractivity contribution in [1.82, 2.24) is 9.88 Å². The molecular formula is C16H18N2O2. The number of aromatic nitrogens is 1. The van der Waals surface area contributed by atoms with E-state index in [2.05, 4.69) is 4.98 Å². The van der Waals surface area contributed by atoms with E-state index < -0.39 is 0 Å². The lowest BCUT2D eigenvalue weighted by atomic mass is 10.1. The van der Waals surface area contributed by atoms with E-state index >= 15 is 0 Å². The Morgan fingerprint density at radius 1 is 1.10 bits per heavy atom. The molecule has 4 heteroatoms. The van der Waals surface area contributed by atoms with Gasteiger partial charge in [-0.2, -0.15) is 0 Å². The van der Waals surface area contributed by atoms with E-state index in [1.807, 2.05) is 30.3 Å². The Balaban J connectivity index is 2.02. The molecule has 2 aromatic rings. The van der Waals surface area contributed by atoms with Gasteiger partial charge in [0, 0.05) is 25.5 Å². The molecule has 20 heavy (non-hydrogen) atoms. The summed E-state index contributed by atoms with van der Waals surface area (Å²) in [6, 6.07) is 13.5. The molecule has 0 unspecified atom stereocenters. The first-order chi connectivity index (χ1) is 9.81. The van der Waals surface area contributed by atoms with Crippen LogP contribution in [0.3, 0.4) is 0 Å². The van der Waals surface area contributed by atoms with Crippen molar-refractivity contribution in [2.45, 2.75) is 6.42 Å². The number of carbonyl (C=O) groups excluding carboxylic acids is 1. The van der Waals surface area contributed by atoms with E-state index in [1.165, 1.54) is 5.56 Å². The van der Waals surface area contributed by atoms with E-state index in [1.54, 1.807) is 29.4 Å². The number of nitrogens with zero attached hydrogens (tertiary/aromatic N) is 2. The van der Waals surface area contributed by atoms with E-state index in [0.29, 0.717) is 18.7 Å². The maximum Gasteiger partial charge on any atom is 0.255 e. The molecule has 0 bridgehead atoms. The molecule has 104 valence electrons. The summed E-state index contributed by atoms with van der Waals surface area (Å²) in [5.41, 5.74) is 1.73. The summed E-state index contributed by atoms with van der Waals surface area (Å²) in [5.74, 6) is -0.0944. The predicted molar refractivity (Wildman–Crippen MR) is 77.4 cm³/mol. The van der Waals surface area contributed by atoms with Crippen LogP contribution in [0.5, 0.6) is 0 Å². The number of carbonyl (C=O) groups is 1. The van der Waals surface area contributed by atoms with E-state index in [-0.39, 0.29) is 12.5 Å². The van der Waals surface area contributed by atoms with Gasteiger partial charge in [0.05, 0.1) is 12.2 Å². The van der Waals surface area contributed by atoms with Crippen molar-refractivity contribution < 1.29 is 9.90 Å². The highest BCUT2D eigenvalue weighted by Crippen LogP contribution is 2.06. The second-order valence-electron chi connectivity index (χ2n) is 4.49. The Hall–Kier alpha value is -2.20. The summed E-state index contributed by atoms with van der Waals surface area (Å²) in [5, 5.41) is 9.12. The lowest BCUT2D eigenvalue weighted by Gasteiger charge is -2.21. The molecule has 1 aromatic carbocycles. The Labute approximate surface area is 118 Å². The molecule has 0 aliphatic heterocycles. The highest BCUT2D eigenvalue weighted by molar-refractivity contribution is 5.93. The first-order valence-corrected chi connectivity index (χ1v) is 6.65. The summed E-state index contributed by atoms with van der Waals surface area (Å²) in [6.07, 6.45) is 3.96. The molecule has 2 rings (SSSR count). The normalized spacial score (nSPS) is 10.2. The molecule has 0 spiro atoms. The molecule has 0 atom stereocenters. The fraction of sp³-hybridized carbons (Fsp3) is 0.250. The van der Waals surface area contributed by atoms with Gasteiger partial charge in [0.15, 0.2) is 0 Å². The van der Waals surface area contributed by atoms with Gasteiger partial charge in [-0.15, -0.1) is 0 Å². The Morgan fingerprint density at radius 3 is 2.55 bits per heavy atom. The summed E-state index contributed by atoms with van der Waals surface area (Å²) in [6.45, 7) is 0.875. The van der Waals surface area contributed by atoms with Gasteiger partial charge in [0.2, 0.25) is 0 Å². The Kier molecular flexibility index (Phi) is 5.26. The minimum absolute atomic E-state index is 0.0409. The van der Waals surface area contributed by atoms with Gasteiger partial charge in [-0.25, -0.2) is 0 Å². The van der Waals surface area contributed by atoms with Gasteiger partial charge in [-0.3, -0.25) is 9.78 Å². The van der Waals surface area contributed by atoms with Crippen LogP contribution in [0.4, 0.5) is 0 Å². The lowest BCUT2D eigenvalue weighted by Crippen LogP contribution is -2.35. The fourth-order valence-electron chi connectivity index (χ4n) is 2.02. The molecule has 1 heterocycles. The second-order valence-corrected chi connectivity index (χ2v) is 4.49. The number of hydrogen-bond acceptors (Lipinski definition) is 3. The van der Waals surface area contributed by atoms with Crippen LogP contribution in [0.1, 0.15) is 15.9 Å². The zero-order valence-electron chi connectivity index (χ0n) is 11.3. The van der Waals surface area contributed by atoms with Crippen molar-refractivity contribution in [2.75, 3.05) is 19.7 Å². The largest absolute Gasteiger partial charge is 0.395 e. The number of benzene rings is 1. The zero-order valence-corrected chi connectivity index (χ0v) is 11.3. The molecule has 0 saturated heterocycles. The summed E-state index contributed by atoms with van der Waals surface area (Å²) in [4.78, 5) is 17.9. The molecule has 0 aliphatic carbocycles. The van der Waals surface area contributed by atoms with Gasteiger partial charge in [-0.05, 0) is 24.1 Å². The maximum atomic E-state index is 12.3. The molecule has 4 nitrogen and oxygen atoms in total. The van der Waals surface area contributed by atoms with Crippen LogP contribution >= 0.6 is 0 Å². The highest BCUT2D eigenvalue weighted by atomic mass is 16.3. The van der Waals surface area contributed by atoms with E-state index in [9.17, 15) is 4.79 Å². The number of aliphatic hydroxyl groups excluding tert-OH is 1. The zero-order chi connectivity index (χ0) is 14.2. The van der Waals surface area contributed by atoms with Crippen molar-refractivity contribution in [2.24, 2.45) is 0 Å². The van der Waals surface area contributed by atoms with Gasteiger partial charge in [-0.1, -0.05) is 30.3 Å². The number of aliphatic hydroxyl groups is 1. The van der Waals surface area contributed by atoms with Crippen LogP contribution in [0.25, 0.3) is 0 Å². The van der Waals surface area contributed by atoms with Crippen LogP contribution in [-0.4, -0.2) is 40.6 Å². The SMILES string of the molecule is O=C(c1cccnc1)N(CCO)CCc1ccccc1. The minimum atomic E-state index is -0.0944. The van der Waals surface area contributed by atoms with Crippen molar-refractivity contribution in [3.05, 3.63) is 66.0 Å². The molecule has 0 radical (unpaired) electrons. The molecular weight excluding hydrogens is 252 g/mol. The molecule has 0 fully saturated rings. The number of pyridine rings is 1. The smallest absolute Gasteiger partial charge is 0.255 e. The number of amides is 1. The van der Waals surface area contributed by atoms with Crippen molar-refractivity contribution in [3.8, 4) is 0 Å². The predicted octanol–water partition coefficient (Wildman–Crippen LogP) is 1.76. The first kappa shape index (κ1) is 14.2. The number of rotatable bonds is 6. The third kappa shape index (κ3) is 3.90. The van der Waals surface area contributed by atoms with Crippen molar-refractivity contribution in [3.63, 3.8) is 0 Å². The molecule has 1 aromatic heterocycles. The molecule has 0 aliphatic rings. The first-order valence-electron chi connectivity index (χ1n) is 6.65. The summed E-state index contributed by atoms with van der Waals surface area (Å²) in [7, 11) is 0. The second kappa shape index (κ2) is 7.40. The van der Waals surface area contributed by atoms with E-state index in [0.717, 1.165) is 6.42 Å². The van der Waals surface area contributed by atoms with Gasteiger partial charge in [0.25, 0.3) is 5.91 Å². The number of hydrogen-bond donors (Lipinski definition) is 1. The summed E-state index contributed by atoms with van der Waals surface area (Å²) < 4.78 is 0. The van der Waals surface area contributed by atoms with Crippen LogP contribution in [0.2, 0.25) is 0 Å². The monoisotopic (exact) mass is 270 g/mol. The van der Waals surface area contributed by atoms with Gasteiger partial charge in [0.1, 0.15) is 0 Å². The Bertz CT molecular complexity index is 529. The summed E-state index contributed by atoms with van der Waals surface area (Å²) >= 11 is 0. The van der Waals surface area contributed by atoms with Crippen LogP contribution in [0, 0.1) is 0 Å². The van der Waals surface area contributed by atoms with Crippen LogP contribution < -0.4 is 0 Å². The van der Waals surface area contributed by atoms with Crippen molar-refractivity contribution >= 4 is 5.91 Å². The topological polar surface area (TPSA) is 53.4 Å². The van der Waals surface area contributed by atoms with E-state index in [4.69, 9.17) is 5.11 Å². The molecule has 0 saturated carbocycles. The van der Waals surface area contributed by atoms with Crippen LogP contribution in [0.15, 0.2) is 54.9 Å². The average molecular weight is 270 g/mol. The lowest BCUT2D eigenvalue weighted by molar-refractivity contribution is 0.0723. The fourth-order valence-corrected chi connectivity index (χ4v) is 2.02. The average Bonchev–Trinajstić information content (AvgIpc) is 2.52. The maximum absolute atomic E-state index is 12.3. The minimum Gasteiger partial charge on any atom is -0.395 e. The van der Waals surface area contributed by atoms with Gasteiger partial charge >= 0.3 is 0 Å². The highest BCUT2D eigenvalue weighted by Gasteiger charge is 2.15. The third-order valence-corrected chi connectivity index (χ3v) is 3.08. The van der Waals surface area contributed by atoms with Crippen LogP contribution in [-0.2, 0) is 6.42 Å². The van der Waals surface area contributed by atoms with Gasteiger partial charge < -0.3 is 10.0 Å². The third-order valence-electron chi connectivity index (χ3n) is 3.08.